The first-order valence-corrected chi connectivity index (χ1v) is 8.41. The molecule has 1 saturated heterocycles. The van der Waals surface area contributed by atoms with E-state index in [2.05, 4.69) is 16.8 Å². The molecule has 0 amide bonds. The number of hydrogen-bond acceptors (Lipinski definition) is 4. The molecule has 1 aliphatic carbocycles. The quantitative estimate of drug-likeness (QED) is 0.800. The van der Waals surface area contributed by atoms with Crippen molar-refractivity contribution in [2.45, 2.75) is 37.8 Å². The number of carbonyl (C=O) groups excluding carboxylic acids is 1. The molecule has 3 rings (SSSR count). The van der Waals surface area contributed by atoms with Crippen molar-refractivity contribution >= 4 is 6.29 Å². The molecule has 0 aromatic heterocycles. The Labute approximate surface area is 133 Å². The summed E-state index contributed by atoms with van der Waals surface area (Å²) in [5, 5.41) is 0. The molecule has 4 nitrogen and oxygen atoms in total. The van der Waals surface area contributed by atoms with Gasteiger partial charge >= 0.3 is 0 Å². The van der Waals surface area contributed by atoms with E-state index in [1.807, 2.05) is 24.3 Å². The zero-order chi connectivity index (χ0) is 15.4. The van der Waals surface area contributed by atoms with Crippen LogP contribution in [-0.2, 0) is 0 Å². The van der Waals surface area contributed by atoms with Crippen LogP contribution < -0.4 is 4.74 Å². The lowest BCUT2D eigenvalue weighted by atomic mass is 9.90. The van der Waals surface area contributed by atoms with E-state index in [1.165, 1.54) is 19.3 Å². The van der Waals surface area contributed by atoms with Crippen LogP contribution in [0.25, 0.3) is 0 Å². The summed E-state index contributed by atoms with van der Waals surface area (Å²) in [5.41, 5.74) is 0.685. The molecule has 1 aromatic rings. The zero-order valence-electron chi connectivity index (χ0n) is 13.4. The third-order valence-electron chi connectivity index (χ3n) is 4.96. The number of benzene rings is 1. The fraction of sp³-hybridized carbons (Fsp3) is 0.611. The molecule has 2 atom stereocenters. The maximum atomic E-state index is 10.9. The molecule has 120 valence electrons. The molecule has 1 aromatic carbocycles. The second-order valence-corrected chi connectivity index (χ2v) is 6.54. The van der Waals surface area contributed by atoms with Crippen molar-refractivity contribution in [2.75, 3.05) is 33.2 Å². The minimum atomic E-state index is 0.249. The van der Waals surface area contributed by atoms with Crippen LogP contribution in [0.3, 0.4) is 0 Å². The molecule has 0 N–H and O–H groups in total. The average molecular weight is 302 g/mol. The third-order valence-corrected chi connectivity index (χ3v) is 4.96. The molecule has 4 heteroatoms. The summed E-state index contributed by atoms with van der Waals surface area (Å²) in [4.78, 5) is 15.9. The molecule has 1 aliphatic heterocycles. The van der Waals surface area contributed by atoms with Crippen LogP contribution in [0.15, 0.2) is 24.3 Å². The topological polar surface area (TPSA) is 32.8 Å². The number of aldehydes is 1. The first kappa shape index (κ1) is 15.5. The average Bonchev–Trinajstić information content (AvgIpc) is 2.56. The molecule has 0 spiro atoms. The minimum absolute atomic E-state index is 0.249. The van der Waals surface area contributed by atoms with E-state index < -0.39 is 0 Å². The molecule has 1 heterocycles. The predicted octanol–water partition coefficient (Wildman–Crippen LogP) is 2.44. The molecule has 2 fully saturated rings. The van der Waals surface area contributed by atoms with Crippen molar-refractivity contribution in [1.29, 1.82) is 0 Å². The molecule has 0 bridgehead atoms. The Morgan fingerprint density at radius 2 is 1.91 bits per heavy atom. The van der Waals surface area contributed by atoms with Crippen molar-refractivity contribution in [2.24, 2.45) is 0 Å². The van der Waals surface area contributed by atoms with E-state index >= 15 is 0 Å². The molecule has 1 saturated carbocycles. The van der Waals surface area contributed by atoms with Crippen LogP contribution in [-0.4, -0.2) is 61.5 Å². The SMILES string of the molecule is CN1CCN(C2CCCCC2Oc2cccc(C=O)c2)CC1. The van der Waals surface area contributed by atoms with Gasteiger partial charge in [0.2, 0.25) is 0 Å². The van der Waals surface area contributed by atoms with E-state index in [-0.39, 0.29) is 6.10 Å². The largest absolute Gasteiger partial charge is 0.489 e. The van der Waals surface area contributed by atoms with Gasteiger partial charge < -0.3 is 9.64 Å². The smallest absolute Gasteiger partial charge is 0.150 e. The Balaban J connectivity index is 1.68. The molecule has 2 aliphatic rings. The predicted molar refractivity (Wildman–Crippen MR) is 87.6 cm³/mol. The van der Waals surface area contributed by atoms with Gasteiger partial charge in [0, 0.05) is 37.8 Å². The molecule has 2 unspecified atom stereocenters. The Kier molecular flexibility index (Phi) is 5.11. The summed E-state index contributed by atoms with van der Waals surface area (Å²) in [7, 11) is 2.19. The summed E-state index contributed by atoms with van der Waals surface area (Å²) >= 11 is 0. The van der Waals surface area contributed by atoms with Crippen LogP contribution in [0.2, 0.25) is 0 Å². The lowest BCUT2D eigenvalue weighted by molar-refractivity contribution is 0.0130. The van der Waals surface area contributed by atoms with Crippen molar-refractivity contribution < 1.29 is 9.53 Å². The Morgan fingerprint density at radius 1 is 1.14 bits per heavy atom. The van der Waals surface area contributed by atoms with E-state index in [4.69, 9.17) is 4.74 Å². The molecular formula is C18H26N2O2. The fourth-order valence-electron chi connectivity index (χ4n) is 3.62. The van der Waals surface area contributed by atoms with Gasteiger partial charge in [-0.1, -0.05) is 18.6 Å². The van der Waals surface area contributed by atoms with Gasteiger partial charge in [-0.25, -0.2) is 0 Å². The van der Waals surface area contributed by atoms with Crippen LogP contribution in [0.1, 0.15) is 36.0 Å². The second-order valence-electron chi connectivity index (χ2n) is 6.54. The summed E-state index contributed by atoms with van der Waals surface area (Å²) in [6.45, 7) is 4.55. The Bertz CT molecular complexity index is 498. The van der Waals surface area contributed by atoms with Crippen LogP contribution in [0.4, 0.5) is 0 Å². The maximum Gasteiger partial charge on any atom is 0.150 e. The third kappa shape index (κ3) is 3.68. The second kappa shape index (κ2) is 7.25. The normalized spacial score (nSPS) is 27.5. The molecule has 0 radical (unpaired) electrons. The number of ether oxygens (including phenoxy) is 1. The number of piperazine rings is 1. The van der Waals surface area contributed by atoms with Gasteiger partial charge in [-0.05, 0) is 38.4 Å². The fourth-order valence-corrected chi connectivity index (χ4v) is 3.62. The van der Waals surface area contributed by atoms with Gasteiger partial charge in [0.25, 0.3) is 0 Å². The first-order chi connectivity index (χ1) is 10.8. The van der Waals surface area contributed by atoms with Gasteiger partial charge in [-0.15, -0.1) is 0 Å². The van der Waals surface area contributed by atoms with E-state index in [1.54, 1.807) is 0 Å². The monoisotopic (exact) mass is 302 g/mol. The highest BCUT2D eigenvalue weighted by molar-refractivity contribution is 5.75. The molecular weight excluding hydrogens is 276 g/mol. The highest BCUT2D eigenvalue weighted by Crippen LogP contribution is 2.28. The van der Waals surface area contributed by atoms with Gasteiger partial charge in [0.15, 0.2) is 0 Å². The maximum absolute atomic E-state index is 10.9. The minimum Gasteiger partial charge on any atom is -0.489 e. The van der Waals surface area contributed by atoms with E-state index in [9.17, 15) is 4.79 Å². The number of carbonyl (C=O) groups is 1. The highest BCUT2D eigenvalue weighted by atomic mass is 16.5. The van der Waals surface area contributed by atoms with Crippen LogP contribution >= 0.6 is 0 Å². The van der Waals surface area contributed by atoms with Gasteiger partial charge in [-0.2, -0.15) is 0 Å². The van der Waals surface area contributed by atoms with Crippen molar-refractivity contribution in [1.82, 2.24) is 9.80 Å². The van der Waals surface area contributed by atoms with Crippen molar-refractivity contribution in [3.63, 3.8) is 0 Å². The molecule has 22 heavy (non-hydrogen) atoms. The summed E-state index contributed by atoms with van der Waals surface area (Å²) in [6.07, 6.45) is 6.00. The standard InChI is InChI=1S/C18H26N2O2/c1-19-9-11-20(12-10-19)17-7-2-3-8-18(17)22-16-6-4-5-15(13-16)14-21/h4-6,13-14,17-18H,2-3,7-12H2,1H3. The van der Waals surface area contributed by atoms with Crippen molar-refractivity contribution in [3.05, 3.63) is 29.8 Å². The Morgan fingerprint density at radius 3 is 2.68 bits per heavy atom. The highest BCUT2D eigenvalue weighted by Gasteiger charge is 2.33. The number of rotatable bonds is 4. The Hall–Kier alpha value is -1.39. The van der Waals surface area contributed by atoms with E-state index in [0.717, 1.165) is 44.6 Å². The first-order valence-electron chi connectivity index (χ1n) is 8.41. The summed E-state index contributed by atoms with van der Waals surface area (Å²) in [5.74, 6) is 0.829. The van der Waals surface area contributed by atoms with Gasteiger partial charge in [-0.3, -0.25) is 9.69 Å². The van der Waals surface area contributed by atoms with Gasteiger partial charge in [0.05, 0.1) is 0 Å². The van der Waals surface area contributed by atoms with Gasteiger partial charge in [0.1, 0.15) is 18.1 Å². The zero-order valence-corrected chi connectivity index (χ0v) is 13.4. The lowest BCUT2D eigenvalue weighted by Crippen LogP contribution is -2.54. The van der Waals surface area contributed by atoms with Crippen molar-refractivity contribution in [3.8, 4) is 5.75 Å². The van der Waals surface area contributed by atoms with Crippen LogP contribution in [0, 0.1) is 0 Å². The van der Waals surface area contributed by atoms with Crippen LogP contribution in [0.5, 0.6) is 5.75 Å². The number of nitrogens with zero attached hydrogens (tertiary/aromatic N) is 2. The number of likely N-dealkylation sites (N-methyl/N-ethyl adjacent to an activating group) is 1. The summed E-state index contributed by atoms with van der Waals surface area (Å²) in [6, 6.07) is 8.04. The lowest BCUT2D eigenvalue weighted by Gasteiger charge is -2.43. The summed E-state index contributed by atoms with van der Waals surface area (Å²) < 4.78 is 6.28. The number of hydrogen-bond donors (Lipinski definition) is 0. The van der Waals surface area contributed by atoms with E-state index in [0.29, 0.717) is 11.6 Å².